The highest BCUT2D eigenvalue weighted by Crippen LogP contribution is 2.28. The molecule has 1 rings (SSSR count). The van der Waals surface area contributed by atoms with Crippen molar-refractivity contribution in [2.24, 2.45) is 16.6 Å². The van der Waals surface area contributed by atoms with Crippen LogP contribution in [0.25, 0.3) is 0 Å². The predicted molar refractivity (Wildman–Crippen MR) is 75.2 cm³/mol. The molecule has 0 aromatic rings. The van der Waals surface area contributed by atoms with Gasteiger partial charge in [-0.25, -0.2) is 0 Å². The summed E-state index contributed by atoms with van der Waals surface area (Å²) in [6.45, 7) is 7.61. The van der Waals surface area contributed by atoms with E-state index < -0.39 is 0 Å². The topological polar surface area (TPSA) is 38.4 Å². The maximum atomic E-state index is 5.68. The maximum absolute atomic E-state index is 5.68. The van der Waals surface area contributed by atoms with Crippen molar-refractivity contribution in [3.63, 3.8) is 0 Å². The summed E-state index contributed by atoms with van der Waals surface area (Å²) < 4.78 is 0. The van der Waals surface area contributed by atoms with Crippen molar-refractivity contribution < 1.29 is 0 Å². The quantitative estimate of drug-likeness (QED) is 0.438. The van der Waals surface area contributed by atoms with Crippen molar-refractivity contribution in [2.75, 3.05) is 0 Å². The molecule has 1 atom stereocenters. The molecule has 1 unspecified atom stereocenters. The van der Waals surface area contributed by atoms with Gasteiger partial charge in [-0.05, 0) is 38.2 Å². The fourth-order valence-corrected chi connectivity index (χ4v) is 2.61. The lowest BCUT2D eigenvalue weighted by molar-refractivity contribution is 0.327. The smallest absolute Gasteiger partial charge is 0.0913 e. The van der Waals surface area contributed by atoms with Gasteiger partial charge in [-0.3, -0.25) is 4.99 Å². The van der Waals surface area contributed by atoms with Gasteiger partial charge in [0.05, 0.1) is 11.9 Å². The summed E-state index contributed by atoms with van der Waals surface area (Å²) in [5, 5.41) is 0. The van der Waals surface area contributed by atoms with Gasteiger partial charge in [0.1, 0.15) is 0 Å². The number of aliphatic imine (C=N–C) groups is 1. The van der Waals surface area contributed by atoms with Crippen molar-refractivity contribution in [1.29, 1.82) is 0 Å². The van der Waals surface area contributed by atoms with E-state index in [4.69, 9.17) is 5.73 Å². The average Bonchev–Trinajstić information content (AvgIpc) is 2.34. The van der Waals surface area contributed by atoms with Crippen molar-refractivity contribution in [3.05, 3.63) is 17.9 Å². The van der Waals surface area contributed by atoms with Gasteiger partial charge in [0.15, 0.2) is 0 Å². The van der Waals surface area contributed by atoms with E-state index in [0.717, 1.165) is 17.9 Å². The summed E-state index contributed by atoms with van der Waals surface area (Å²) in [7, 11) is 0. The van der Waals surface area contributed by atoms with Gasteiger partial charge >= 0.3 is 0 Å². The Balaban J connectivity index is 2.48. The molecule has 1 fully saturated rings. The number of hydrogen-bond acceptors (Lipinski definition) is 1. The number of nitrogens with zero attached hydrogens (tertiary/aromatic N) is 1. The van der Waals surface area contributed by atoms with Gasteiger partial charge in [0, 0.05) is 0 Å². The van der Waals surface area contributed by atoms with Gasteiger partial charge in [0.2, 0.25) is 0 Å². The Morgan fingerprint density at radius 2 is 2.00 bits per heavy atom. The van der Waals surface area contributed by atoms with E-state index in [1.165, 1.54) is 38.5 Å². The molecular weight excluding hydrogens is 208 g/mol. The molecule has 0 radical (unpaired) electrons. The Labute approximate surface area is 106 Å². The summed E-state index contributed by atoms with van der Waals surface area (Å²) in [5.41, 5.74) is 9.76. The van der Waals surface area contributed by atoms with Gasteiger partial charge in [0.25, 0.3) is 0 Å². The molecule has 0 spiro atoms. The van der Waals surface area contributed by atoms with Crippen LogP contribution in [0.1, 0.15) is 58.8 Å². The zero-order valence-corrected chi connectivity index (χ0v) is 11.3. The lowest BCUT2D eigenvalue weighted by Crippen LogP contribution is -2.16. The first-order valence-corrected chi connectivity index (χ1v) is 6.80. The van der Waals surface area contributed by atoms with Crippen molar-refractivity contribution in [1.82, 2.24) is 0 Å². The Morgan fingerprint density at radius 1 is 1.35 bits per heavy atom. The minimum Gasteiger partial charge on any atom is -0.388 e. The first-order chi connectivity index (χ1) is 8.13. The third kappa shape index (κ3) is 5.23. The van der Waals surface area contributed by atoms with Crippen molar-refractivity contribution in [2.45, 2.75) is 64.8 Å². The van der Waals surface area contributed by atoms with E-state index >= 15 is 0 Å². The van der Waals surface area contributed by atoms with Crippen LogP contribution in [0, 0.1) is 5.92 Å². The zero-order chi connectivity index (χ0) is 12.7. The highest BCUT2D eigenvalue weighted by atomic mass is 14.9. The molecule has 0 saturated heterocycles. The van der Waals surface area contributed by atoms with Gasteiger partial charge in [-0.15, -0.1) is 5.73 Å². The van der Waals surface area contributed by atoms with E-state index in [2.05, 4.69) is 17.3 Å². The van der Waals surface area contributed by atoms with Crippen LogP contribution in [-0.4, -0.2) is 11.9 Å². The molecule has 2 heteroatoms. The number of rotatable bonds is 5. The fraction of sp³-hybridized carbons (Fsp3) is 0.733. The van der Waals surface area contributed by atoms with Gasteiger partial charge in [-0.2, -0.15) is 0 Å². The second-order valence-electron chi connectivity index (χ2n) is 5.23. The van der Waals surface area contributed by atoms with E-state index in [9.17, 15) is 0 Å². The zero-order valence-electron chi connectivity index (χ0n) is 11.3. The molecule has 2 nitrogen and oxygen atoms in total. The number of hydrogen-bond donors (Lipinski definition) is 1. The molecule has 17 heavy (non-hydrogen) atoms. The van der Waals surface area contributed by atoms with Crippen LogP contribution in [0.3, 0.4) is 0 Å². The first-order valence-electron chi connectivity index (χ1n) is 6.80. The standard InChI is InChI=1S/C15H26N2/c1-4-12(2)15(17-13(3)16)11-10-14-8-6-5-7-9-14/h14-15H,1,5-11H2,2-3H3,(H2,16,17). The molecule has 1 saturated carbocycles. The molecule has 0 aliphatic heterocycles. The maximum Gasteiger partial charge on any atom is 0.0913 e. The summed E-state index contributed by atoms with van der Waals surface area (Å²) >= 11 is 0. The molecular formula is C15H26N2. The Hall–Kier alpha value is -1.01. The van der Waals surface area contributed by atoms with Crippen LogP contribution >= 0.6 is 0 Å². The van der Waals surface area contributed by atoms with Crippen LogP contribution in [0.4, 0.5) is 0 Å². The second-order valence-corrected chi connectivity index (χ2v) is 5.23. The average molecular weight is 234 g/mol. The van der Waals surface area contributed by atoms with Crippen LogP contribution in [-0.2, 0) is 0 Å². The SMILES string of the molecule is C=C=C(C)C(CCC1CCCCC1)N=C(C)N. The number of amidine groups is 1. The summed E-state index contributed by atoms with van der Waals surface area (Å²) in [5.74, 6) is 1.56. The van der Waals surface area contributed by atoms with E-state index in [-0.39, 0.29) is 6.04 Å². The van der Waals surface area contributed by atoms with E-state index in [1.807, 2.05) is 13.8 Å². The lowest BCUT2D eigenvalue weighted by atomic mass is 9.84. The highest BCUT2D eigenvalue weighted by molar-refractivity contribution is 5.77. The third-order valence-corrected chi connectivity index (χ3v) is 3.71. The predicted octanol–water partition coefficient (Wildman–Crippen LogP) is 3.82. The molecule has 1 aliphatic carbocycles. The molecule has 0 heterocycles. The minimum atomic E-state index is 0.194. The van der Waals surface area contributed by atoms with E-state index in [1.54, 1.807) is 0 Å². The van der Waals surface area contributed by atoms with Crippen LogP contribution in [0.15, 0.2) is 22.9 Å². The largest absolute Gasteiger partial charge is 0.388 e. The molecule has 96 valence electrons. The molecule has 0 bridgehead atoms. The number of nitrogens with two attached hydrogens (primary N) is 1. The summed E-state index contributed by atoms with van der Waals surface area (Å²) in [4.78, 5) is 4.49. The van der Waals surface area contributed by atoms with Gasteiger partial charge in [-0.1, -0.05) is 38.7 Å². The fourth-order valence-electron chi connectivity index (χ4n) is 2.61. The lowest BCUT2D eigenvalue weighted by Gasteiger charge is -2.23. The van der Waals surface area contributed by atoms with Crippen LogP contribution in [0.2, 0.25) is 0 Å². The first kappa shape index (κ1) is 14.1. The van der Waals surface area contributed by atoms with Crippen molar-refractivity contribution in [3.8, 4) is 0 Å². The van der Waals surface area contributed by atoms with Crippen LogP contribution in [0.5, 0.6) is 0 Å². The molecule has 0 amide bonds. The Morgan fingerprint density at radius 3 is 2.53 bits per heavy atom. The van der Waals surface area contributed by atoms with Gasteiger partial charge < -0.3 is 5.73 Å². The monoisotopic (exact) mass is 234 g/mol. The normalized spacial score (nSPS) is 19.8. The van der Waals surface area contributed by atoms with Crippen LogP contribution < -0.4 is 5.73 Å². The Bertz CT molecular complexity index is 301. The Kier molecular flexibility index (Phi) is 6.07. The second kappa shape index (κ2) is 7.34. The molecule has 0 aromatic heterocycles. The summed E-state index contributed by atoms with van der Waals surface area (Å²) in [6.07, 6.45) is 9.39. The molecule has 1 aliphatic rings. The minimum absolute atomic E-state index is 0.194. The van der Waals surface area contributed by atoms with E-state index in [0.29, 0.717) is 5.84 Å². The van der Waals surface area contributed by atoms with Crippen molar-refractivity contribution >= 4 is 5.84 Å². The third-order valence-electron chi connectivity index (χ3n) is 3.71. The molecule has 2 N–H and O–H groups in total. The summed E-state index contributed by atoms with van der Waals surface area (Å²) in [6, 6.07) is 0.194. The highest BCUT2D eigenvalue weighted by Gasteiger charge is 2.16. The molecule has 0 aromatic carbocycles.